The molecule has 3 heterocycles. The first-order valence-electron chi connectivity index (χ1n) is 8.98. The van der Waals surface area contributed by atoms with Crippen molar-refractivity contribution in [3.63, 3.8) is 0 Å². The van der Waals surface area contributed by atoms with Crippen molar-refractivity contribution >= 4 is 5.91 Å². The molecular weight excluding hydrogens is 294 g/mol. The van der Waals surface area contributed by atoms with Crippen LogP contribution in [-0.2, 0) is 16.0 Å². The molecule has 0 unspecified atom stereocenters. The molecule has 4 rings (SSSR count). The molecule has 2 saturated heterocycles. The van der Waals surface area contributed by atoms with Gasteiger partial charge in [-0.25, -0.2) is 0 Å². The molecule has 126 valence electrons. The summed E-state index contributed by atoms with van der Waals surface area (Å²) in [5.41, 5.74) is 0. The number of hydrogen-bond acceptors (Lipinski definition) is 5. The summed E-state index contributed by atoms with van der Waals surface area (Å²) >= 11 is 0. The number of piperidine rings is 1. The quantitative estimate of drug-likeness (QED) is 0.850. The van der Waals surface area contributed by atoms with Crippen molar-refractivity contribution < 1.29 is 14.1 Å². The SMILES string of the molecule is O=C(C1CC1)N1CCC(Cc2nc(C3CCOCC3)no2)CC1. The first-order chi connectivity index (χ1) is 11.3. The van der Waals surface area contributed by atoms with Crippen LogP contribution in [0.1, 0.15) is 56.2 Å². The minimum atomic E-state index is 0.338. The third-order valence-electron chi connectivity index (χ3n) is 5.39. The Morgan fingerprint density at radius 1 is 1.09 bits per heavy atom. The van der Waals surface area contributed by atoms with Crippen LogP contribution in [0.3, 0.4) is 0 Å². The van der Waals surface area contributed by atoms with Crippen LogP contribution in [0.15, 0.2) is 4.52 Å². The Morgan fingerprint density at radius 3 is 2.52 bits per heavy atom. The van der Waals surface area contributed by atoms with Crippen molar-refractivity contribution in [1.29, 1.82) is 0 Å². The van der Waals surface area contributed by atoms with Gasteiger partial charge in [-0.3, -0.25) is 4.79 Å². The molecule has 3 fully saturated rings. The van der Waals surface area contributed by atoms with E-state index in [1.807, 2.05) is 0 Å². The summed E-state index contributed by atoms with van der Waals surface area (Å²) in [4.78, 5) is 18.7. The maximum Gasteiger partial charge on any atom is 0.226 e. The molecule has 1 aromatic rings. The Hall–Kier alpha value is -1.43. The summed E-state index contributed by atoms with van der Waals surface area (Å²) in [6.45, 7) is 3.37. The highest BCUT2D eigenvalue weighted by Crippen LogP contribution is 2.33. The minimum absolute atomic E-state index is 0.338. The number of aromatic nitrogens is 2. The molecule has 0 spiro atoms. The number of nitrogens with zero attached hydrogens (tertiary/aromatic N) is 3. The van der Waals surface area contributed by atoms with Crippen molar-refractivity contribution in [3.8, 4) is 0 Å². The predicted octanol–water partition coefficient (Wildman–Crippen LogP) is 2.15. The summed E-state index contributed by atoms with van der Waals surface area (Å²) in [6, 6.07) is 0. The summed E-state index contributed by atoms with van der Waals surface area (Å²) in [6.07, 6.45) is 7.11. The Bertz CT molecular complexity index is 541. The Kier molecular flexibility index (Phi) is 4.33. The zero-order valence-corrected chi connectivity index (χ0v) is 13.6. The van der Waals surface area contributed by atoms with Crippen molar-refractivity contribution in [2.45, 2.75) is 50.9 Å². The molecular formula is C17H25N3O3. The van der Waals surface area contributed by atoms with E-state index in [1.165, 1.54) is 0 Å². The number of carbonyl (C=O) groups is 1. The molecule has 6 heteroatoms. The number of hydrogen-bond donors (Lipinski definition) is 0. The van der Waals surface area contributed by atoms with Gasteiger partial charge >= 0.3 is 0 Å². The lowest BCUT2D eigenvalue weighted by Crippen LogP contribution is -2.39. The second-order valence-electron chi connectivity index (χ2n) is 7.18. The fraction of sp³-hybridized carbons (Fsp3) is 0.824. The fourth-order valence-electron chi connectivity index (χ4n) is 3.67. The normalized spacial score (nSPS) is 24.1. The molecule has 0 bridgehead atoms. The topological polar surface area (TPSA) is 68.5 Å². The number of rotatable bonds is 4. The second-order valence-corrected chi connectivity index (χ2v) is 7.18. The summed E-state index contributed by atoms with van der Waals surface area (Å²) < 4.78 is 10.8. The number of amides is 1. The van der Waals surface area contributed by atoms with Gasteiger partial charge in [0.05, 0.1) is 0 Å². The van der Waals surface area contributed by atoms with E-state index in [0.29, 0.717) is 23.7 Å². The van der Waals surface area contributed by atoms with Gasteiger partial charge in [-0.15, -0.1) is 0 Å². The molecule has 2 aliphatic heterocycles. The van der Waals surface area contributed by atoms with Gasteiger partial charge in [-0.2, -0.15) is 4.98 Å². The zero-order valence-electron chi connectivity index (χ0n) is 13.6. The van der Waals surface area contributed by atoms with Gasteiger partial charge in [-0.05, 0) is 44.4 Å². The molecule has 1 amide bonds. The van der Waals surface area contributed by atoms with Crippen LogP contribution < -0.4 is 0 Å². The third kappa shape index (κ3) is 3.57. The van der Waals surface area contributed by atoms with Crippen molar-refractivity contribution in [2.24, 2.45) is 11.8 Å². The van der Waals surface area contributed by atoms with Crippen molar-refractivity contribution in [1.82, 2.24) is 15.0 Å². The average molecular weight is 319 g/mol. The Labute approximate surface area is 136 Å². The highest BCUT2D eigenvalue weighted by atomic mass is 16.5. The van der Waals surface area contributed by atoms with Gasteiger partial charge in [0.2, 0.25) is 11.8 Å². The van der Waals surface area contributed by atoms with E-state index in [-0.39, 0.29) is 0 Å². The van der Waals surface area contributed by atoms with Crippen LogP contribution in [0.5, 0.6) is 0 Å². The van der Waals surface area contributed by atoms with Crippen LogP contribution in [-0.4, -0.2) is 47.3 Å². The van der Waals surface area contributed by atoms with Crippen LogP contribution in [0.25, 0.3) is 0 Å². The van der Waals surface area contributed by atoms with Gasteiger partial charge in [0.15, 0.2) is 5.82 Å². The van der Waals surface area contributed by atoms with Crippen molar-refractivity contribution in [3.05, 3.63) is 11.7 Å². The van der Waals surface area contributed by atoms with E-state index in [2.05, 4.69) is 15.0 Å². The van der Waals surface area contributed by atoms with E-state index >= 15 is 0 Å². The summed E-state index contributed by atoms with van der Waals surface area (Å²) in [5.74, 6) is 3.27. The smallest absolute Gasteiger partial charge is 0.226 e. The van der Waals surface area contributed by atoms with Gasteiger partial charge in [0.1, 0.15) is 0 Å². The highest BCUT2D eigenvalue weighted by Gasteiger charge is 2.35. The van der Waals surface area contributed by atoms with E-state index in [4.69, 9.17) is 9.26 Å². The lowest BCUT2D eigenvalue weighted by atomic mass is 9.93. The lowest BCUT2D eigenvalue weighted by Gasteiger charge is -2.31. The molecule has 0 radical (unpaired) electrons. The van der Waals surface area contributed by atoms with Crippen LogP contribution >= 0.6 is 0 Å². The van der Waals surface area contributed by atoms with E-state index < -0.39 is 0 Å². The molecule has 6 nitrogen and oxygen atoms in total. The monoisotopic (exact) mass is 319 g/mol. The molecule has 1 aromatic heterocycles. The van der Waals surface area contributed by atoms with Crippen LogP contribution in [0.2, 0.25) is 0 Å². The van der Waals surface area contributed by atoms with E-state index in [0.717, 1.165) is 83.0 Å². The van der Waals surface area contributed by atoms with E-state index in [1.54, 1.807) is 0 Å². The van der Waals surface area contributed by atoms with Gasteiger partial charge in [0, 0.05) is 44.6 Å². The minimum Gasteiger partial charge on any atom is -0.381 e. The summed E-state index contributed by atoms with van der Waals surface area (Å²) in [5, 5.41) is 4.17. The van der Waals surface area contributed by atoms with E-state index in [9.17, 15) is 4.79 Å². The molecule has 23 heavy (non-hydrogen) atoms. The number of likely N-dealkylation sites (tertiary alicyclic amines) is 1. The molecule has 3 aliphatic rings. The first-order valence-corrected chi connectivity index (χ1v) is 8.98. The molecule has 0 atom stereocenters. The second kappa shape index (κ2) is 6.59. The van der Waals surface area contributed by atoms with Gasteiger partial charge in [-0.1, -0.05) is 5.16 Å². The number of carbonyl (C=O) groups excluding carboxylic acids is 1. The first kappa shape index (κ1) is 15.1. The van der Waals surface area contributed by atoms with Crippen LogP contribution in [0, 0.1) is 11.8 Å². The maximum absolute atomic E-state index is 12.1. The number of ether oxygens (including phenoxy) is 1. The Morgan fingerprint density at radius 2 is 1.83 bits per heavy atom. The molecule has 0 aromatic carbocycles. The van der Waals surface area contributed by atoms with Gasteiger partial charge < -0.3 is 14.2 Å². The maximum atomic E-state index is 12.1. The van der Waals surface area contributed by atoms with Crippen LogP contribution in [0.4, 0.5) is 0 Å². The highest BCUT2D eigenvalue weighted by molar-refractivity contribution is 5.81. The molecule has 1 aliphatic carbocycles. The zero-order chi connectivity index (χ0) is 15.6. The largest absolute Gasteiger partial charge is 0.381 e. The fourth-order valence-corrected chi connectivity index (χ4v) is 3.67. The standard InChI is InChI=1S/C17H25N3O3/c21-17(14-1-2-14)20-7-3-12(4-8-20)11-15-18-16(19-23-15)13-5-9-22-10-6-13/h12-14H,1-11H2. The lowest BCUT2D eigenvalue weighted by molar-refractivity contribution is -0.133. The molecule has 1 saturated carbocycles. The average Bonchev–Trinajstić information content (AvgIpc) is 3.35. The van der Waals surface area contributed by atoms with Gasteiger partial charge in [0.25, 0.3) is 0 Å². The predicted molar refractivity (Wildman–Crippen MR) is 82.8 cm³/mol. The Balaban J connectivity index is 1.27. The molecule has 0 N–H and O–H groups in total. The third-order valence-corrected chi connectivity index (χ3v) is 5.39. The summed E-state index contributed by atoms with van der Waals surface area (Å²) in [7, 11) is 0. The van der Waals surface area contributed by atoms with Crippen molar-refractivity contribution in [2.75, 3.05) is 26.3 Å².